The fourth-order valence-corrected chi connectivity index (χ4v) is 9.00. The summed E-state index contributed by atoms with van der Waals surface area (Å²) in [5, 5.41) is 11.4. The van der Waals surface area contributed by atoms with Crippen LogP contribution < -0.4 is 15.4 Å². The highest BCUT2D eigenvalue weighted by Gasteiger charge is 2.62. The van der Waals surface area contributed by atoms with Gasteiger partial charge in [-0.1, -0.05) is 66.5 Å². The minimum absolute atomic E-state index is 0.0143. The van der Waals surface area contributed by atoms with Crippen molar-refractivity contribution in [1.29, 1.82) is 0 Å². The fourth-order valence-electron chi connectivity index (χ4n) is 7.64. The molecule has 2 heterocycles. The largest absolute Gasteiger partial charge is 0.446 e. The Kier molecular flexibility index (Phi) is 10.5. The molecule has 3 saturated carbocycles. The number of benzene rings is 2. The number of oxime groups is 1. The number of allylic oxidation sites excluding steroid dienone is 1. The summed E-state index contributed by atoms with van der Waals surface area (Å²) in [6.07, 6.45) is 12.0. The maximum atomic E-state index is 14.3. The number of nitrogens with one attached hydrogen (secondary N) is 3. The van der Waals surface area contributed by atoms with Crippen molar-refractivity contribution >= 4 is 50.8 Å². The first-order valence-corrected chi connectivity index (χ1v) is 20.2. The Balaban J connectivity index is 1.12. The molecule has 0 radical (unpaired) electrons. The molecule has 3 N–H and O–H groups in total. The van der Waals surface area contributed by atoms with Crippen LogP contribution in [0.4, 0.5) is 4.79 Å². The molecular formula is C38H47N5O8S. The van der Waals surface area contributed by atoms with Gasteiger partial charge in [0, 0.05) is 12.3 Å². The molecule has 5 aliphatic rings. The lowest BCUT2D eigenvalue weighted by atomic mass is 10.0. The molecule has 4 fully saturated rings. The summed E-state index contributed by atoms with van der Waals surface area (Å²) in [5.41, 5.74) is -0.660. The molecule has 52 heavy (non-hydrogen) atoms. The Morgan fingerprint density at radius 1 is 0.942 bits per heavy atom. The molecule has 1 saturated heterocycles. The molecule has 2 aromatic carbocycles. The van der Waals surface area contributed by atoms with Gasteiger partial charge in [0.1, 0.15) is 29.8 Å². The van der Waals surface area contributed by atoms with E-state index < -0.39 is 68.7 Å². The Labute approximate surface area is 304 Å². The molecule has 2 aliphatic heterocycles. The second-order valence-electron chi connectivity index (χ2n) is 14.8. The van der Waals surface area contributed by atoms with Gasteiger partial charge in [-0.2, -0.15) is 0 Å². The minimum atomic E-state index is -3.87. The number of alkyl carbamates (subject to hydrolysis) is 1. The van der Waals surface area contributed by atoms with E-state index in [1.807, 2.05) is 54.6 Å². The average Bonchev–Trinajstić information content (AvgIpc) is 4.00. The highest BCUT2D eigenvalue weighted by Crippen LogP contribution is 2.46. The van der Waals surface area contributed by atoms with Crippen molar-refractivity contribution in [1.82, 2.24) is 20.3 Å². The maximum Gasteiger partial charge on any atom is 0.408 e. The Morgan fingerprint density at radius 2 is 1.71 bits per heavy atom. The van der Waals surface area contributed by atoms with Crippen LogP contribution in [0.25, 0.3) is 10.8 Å². The van der Waals surface area contributed by atoms with E-state index >= 15 is 0 Å². The van der Waals surface area contributed by atoms with Crippen LogP contribution in [0, 0.1) is 5.92 Å². The third-order valence-electron chi connectivity index (χ3n) is 10.9. The van der Waals surface area contributed by atoms with E-state index in [4.69, 9.17) is 9.57 Å². The number of carbonyl (C=O) groups is 4. The standard InChI is InChI=1S/C38H47N5O8S/c44-34-33-21-30(51-39-23-25-16-17-26-10-6-7-11-27(26)20-25)24-43(33)35(45)32(40-37(47)50-29-13-8-9-14-29)15-5-3-1-2-4-12-28-22-38(28,41-34)36(46)42-52(48,49)31-18-19-31/h4,6-7,10-12,16-17,20,23,28-33H,1-3,5,8-9,13-15,18-19,21-22,24H2,(H,40,47)(H,41,44)(H,42,46)/b12-4-,39-23+/t28-,30+,32+,33-,38-/m0/s1. The third kappa shape index (κ3) is 8.27. The van der Waals surface area contributed by atoms with Gasteiger partial charge in [0.2, 0.25) is 21.8 Å². The zero-order valence-corrected chi connectivity index (χ0v) is 30.0. The molecule has 278 valence electrons. The van der Waals surface area contributed by atoms with Crippen LogP contribution in [0.3, 0.4) is 0 Å². The van der Waals surface area contributed by atoms with Crippen molar-refractivity contribution in [2.24, 2.45) is 11.1 Å². The lowest BCUT2D eigenvalue weighted by Crippen LogP contribution is -2.58. The summed E-state index contributed by atoms with van der Waals surface area (Å²) >= 11 is 0. The number of hydrogen-bond donors (Lipinski definition) is 3. The summed E-state index contributed by atoms with van der Waals surface area (Å²) in [6.45, 7) is 0.0143. The first-order valence-electron chi connectivity index (χ1n) is 18.6. The Morgan fingerprint density at radius 3 is 2.50 bits per heavy atom. The van der Waals surface area contributed by atoms with E-state index in [0.29, 0.717) is 32.1 Å². The predicted molar refractivity (Wildman–Crippen MR) is 193 cm³/mol. The Bertz CT molecular complexity index is 1860. The third-order valence-corrected chi connectivity index (χ3v) is 12.7. The predicted octanol–water partition coefficient (Wildman–Crippen LogP) is 4.20. The van der Waals surface area contributed by atoms with E-state index in [1.54, 1.807) is 6.21 Å². The summed E-state index contributed by atoms with van der Waals surface area (Å²) in [7, 11) is -3.87. The fraction of sp³-hybridized carbons (Fsp3) is 0.553. The SMILES string of the molecule is O=C(N[C@@H]1CCCCC/C=C\[C@H]2C[C@]2(C(=O)NS(=O)(=O)C2CC2)NC(=O)[C@@H]2C[C@@H](O/N=C/c3ccc4ccccc4c3)CN2C1=O)OC1CCCC1. The van der Waals surface area contributed by atoms with Crippen LogP contribution in [0.15, 0.2) is 59.8 Å². The molecular weight excluding hydrogens is 687 g/mol. The van der Waals surface area contributed by atoms with Crippen LogP contribution in [0.1, 0.15) is 89.0 Å². The van der Waals surface area contributed by atoms with Crippen molar-refractivity contribution in [3.63, 3.8) is 0 Å². The topological polar surface area (TPSA) is 173 Å². The second-order valence-corrected chi connectivity index (χ2v) is 16.8. The average molecular weight is 734 g/mol. The van der Waals surface area contributed by atoms with Crippen LogP contribution >= 0.6 is 0 Å². The van der Waals surface area contributed by atoms with Crippen molar-refractivity contribution in [3.05, 3.63) is 60.2 Å². The first-order chi connectivity index (χ1) is 25.1. The number of amides is 4. The molecule has 13 nitrogen and oxygen atoms in total. The number of nitrogens with zero attached hydrogens (tertiary/aromatic N) is 2. The normalized spacial score (nSPS) is 29.3. The minimum Gasteiger partial charge on any atom is -0.446 e. The van der Waals surface area contributed by atoms with Gasteiger partial charge >= 0.3 is 6.09 Å². The lowest BCUT2D eigenvalue weighted by molar-refractivity contribution is -0.141. The van der Waals surface area contributed by atoms with Gasteiger partial charge in [-0.25, -0.2) is 13.2 Å². The van der Waals surface area contributed by atoms with Crippen LogP contribution in [-0.4, -0.2) is 85.0 Å². The molecule has 3 aliphatic carbocycles. The zero-order chi connectivity index (χ0) is 36.3. The van der Waals surface area contributed by atoms with E-state index in [9.17, 15) is 27.6 Å². The molecule has 14 heteroatoms. The number of hydrogen-bond acceptors (Lipinski definition) is 9. The summed E-state index contributed by atoms with van der Waals surface area (Å²) in [6, 6.07) is 11.8. The summed E-state index contributed by atoms with van der Waals surface area (Å²) < 4.78 is 33.4. The smallest absolute Gasteiger partial charge is 0.408 e. The second kappa shape index (κ2) is 15.3. The molecule has 0 spiro atoms. The molecule has 0 aromatic heterocycles. The van der Waals surface area contributed by atoms with Gasteiger partial charge in [0.15, 0.2) is 0 Å². The van der Waals surface area contributed by atoms with Crippen LogP contribution in [0.5, 0.6) is 0 Å². The van der Waals surface area contributed by atoms with Crippen molar-refractivity contribution in [2.75, 3.05) is 6.54 Å². The number of sulfonamides is 1. The van der Waals surface area contributed by atoms with E-state index in [0.717, 1.165) is 54.9 Å². The van der Waals surface area contributed by atoms with Crippen molar-refractivity contribution in [3.8, 4) is 0 Å². The number of fused-ring (bicyclic) bond motifs is 3. The van der Waals surface area contributed by atoms with Gasteiger partial charge in [-0.05, 0) is 86.6 Å². The number of rotatable bonds is 8. The van der Waals surface area contributed by atoms with E-state index in [2.05, 4.69) is 20.5 Å². The van der Waals surface area contributed by atoms with Gasteiger partial charge in [0.05, 0.1) is 18.0 Å². The van der Waals surface area contributed by atoms with Crippen molar-refractivity contribution in [2.45, 2.75) is 119 Å². The van der Waals surface area contributed by atoms with E-state index in [1.165, 1.54) is 4.90 Å². The molecule has 4 amide bonds. The monoisotopic (exact) mass is 733 g/mol. The molecule has 2 aromatic rings. The van der Waals surface area contributed by atoms with Crippen molar-refractivity contribution < 1.29 is 37.2 Å². The highest BCUT2D eigenvalue weighted by molar-refractivity contribution is 7.91. The number of carbonyl (C=O) groups excluding carboxylic acids is 4. The van der Waals surface area contributed by atoms with E-state index in [-0.39, 0.29) is 25.5 Å². The zero-order valence-electron chi connectivity index (χ0n) is 29.2. The number of ether oxygens (including phenoxy) is 1. The quantitative estimate of drug-likeness (QED) is 0.206. The van der Waals surface area contributed by atoms with Crippen LogP contribution in [0.2, 0.25) is 0 Å². The van der Waals surface area contributed by atoms with Gasteiger partial charge < -0.3 is 25.1 Å². The van der Waals surface area contributed by atoms with Gasteiger partial charge in [0.25, 0.3) is 5.91 Å². The van der Waals surface area contributed by atoms with Crippen LogP contribution in [-0.2, 0) is 34.0 Å². The van der Waals surface area contributed by atoms with Gasteiger partial charge in [-0.15, -0.1) is 0 Å². The molecule has 0 unspecified atom stereocenters. The highest BCUT2D eigenvalue weighted by atomic mass is 32.2. The Hall–Kier alpha value is -4.46. The van der Waals surface area contributed by atoms with Gasteiger partial charge in [-0.3, -0.25) is 19.1 Å². The first kappa shape index (κ1) is 35.9. The summed E-state index contributed by atoms with van der Waals surface area (Å²) in [4.78, 5) is 62.4. The molecule has 5 atom stereocenters. The maximum absolute atomic E-state index is 14.3. The molecule has 7 rings (SSSR count). The summed E-state index contributed by atoms with van der Waals surface area (Å²) in [5.74, 6) is -2.23. The lowest BCUT2D eigenvalue weighted by Gasteiger charge is -2.30. The molecule has 0 bridgehead atoms.